The minimum atomic E-state index is 0.611. The van der Waals surface area contributed by atoms with Crippen molar-refractivity contribution in [3.63, 3.8) is 0 Å². The van der Waals surface area contributed by atoms with Gasteiger partial charge in [0.25, 0.3) is 0 Å². The van der Waals surface area contributed by atoms with Crippen molar-refractivity contribution in [2.45, 2.75) is 13.5 Å². The Morgan fingerprint density at radius 1 is 1.39 bits per heavy atom. The van der Waals surface area contributed by atoms with E-state index in [1.54, 1.807) is 6.07 Å². The number of anilines is 1. The lowest BCUT2D eigenvalue weighted by molar-refractivity contribution is 0.422. The molecule has 18 heavy (non-hydrogen) atoms. The van der Waals surface area contributed by atoms with Crippen LogP contribution in [0.25, 0.3) is 5.65 Å². The first-order chi connectivity index (χ1) is 8.74. The van der Waals surface area contributed by atoms with Crippen molar-refractivity contribution in [1.82, 2.24) is 14.5 Å². The highest BCUT2D eigenvalue weighted by atomic mass is 35.5. The molecule has 0 amide bonds. The smallest absolute Gasteiger partial charge is 0.169 e. The molecule has 6 heteroatoms. The van der Waals surface area contributed by atoms with Crippen molar-refractivity contribution in [3.8, 4) is 0 Å². The van der Waals surface area contributed by atoms with Gasteiger partial charge in [-0.2, -0.15) is 0 Å². The van der Waals surface area contributed by atoms with Crippen molar-refractivity contribution in [2.75, 3.05) is 5.32 Å². The lowest BCUT2D eigenvalue weighted by Crippen LogP contribution is -2.04. The van der Waals surface area contributed by atoms with Crippen molar-refractivity contribution in [2.24, 2.45) is 0 Å². The van der Waals surface area contributed by atoms with E-state index in [-0.39, 0.29) is 0 Å². The molecule has 0 radical (unpaired) electrons. The van der Waals surface area contributed by atoms with E-state index in [1.165, 1.54) is 6.26 Å². The van der Waals surface area contributed by atoms with Gasteiger partial charge in [0.2, 0.25) is 0 Å². The molecule has 0 spiro atoms. The van der Waals surface area contributed by atoms with Crippen LogP contribution in [0, 0.1) is 6.92 Å². The molecule has 3 aromatic heterocycles. The summed E-state index contributed by atoms with van der Waals surface area (Å²) in [5, 5.41) is 7.65. The molecule has 0 aromatic carbocycles. The van der Waals surface area contributed by atoms with Gasteiger partial charge >= 0.3 is 0 Å². The molecule has 0 bridgehead atoms. The number of nitrogens with one attached hydrogen (secondary N) is 1. The molecule has 92 valence electrons. The van der Waals surface area contributed by atoms with E-state index in [4.69, 9.17) is 16.1 Å². The number of halogens is 1. The molecule has 3 heterocycles. The Morgan fingerprint density at radius 3 is 3.06 bits per heavy atom. The molecule has 5 nitrogen and oxygen atoms in total. The van der Waals surface area contributed by atoms with Crippen molar-refractivity contribution >= 4 is 23.1 Å². The number of pyridine rings is 1. The van der Waals surface area contributed by atoms with Gasteiger partial charge in [-0.15, -0.1) is 0 Å². The highest BCUT2D eigenvalue weighted by Gasteiger charge is 2.09. The van der Waals surface area contributed by atoms with E-state index in [2.05, 4.69) is 15.5 Å². The Balaban J connectivity index is 1.95. The molecule has 0 saturated heterocycles. The number of nitrogens with zero attached hydrogens (tertiary/aromatic N) is 3. The number of hydrogen-bond donors (Lipinski definition) is 1. The first-order valence-electron chi connectivity index (χ1n) is 5.51. The van der Waals surface area contributed by atoms with Gasteiger partial charge in [-0.1, -0.05) is 16.8 Å². The topological polar surface area (TPSA) is 55.4 Å². The van der Waals surface area contributed by atoms with Gasteiger partial charge in [-0.25, -0.2) is 4.98 Å². The van der Waals surface area contributed by atoms with Crippen LogP contribution in [0.1, 0.15) is 11.4 Å². The second-order valence-electron chi connectivity index (χ2n) is 3.96. The first-order valence-corrected chi connectivity index (χ1v) is 5.89. The average molecular weight is 263 g/mol. The third kappa shape index (κ3) is 1.93. The maximum atomic E-state index is 6.00. The predicted molar refractivity (Wildman–Crippen MR) is 68.8 cm³/mol. The number of hydrogen-bond acceptors (Lipinski definition) is 4. The zero-order chi connectivity index (χ0) is 12.5. The number of aromatic nitrogens is 3. The Hall–Kier alpha value is -2.01. The first kappa shape index (κ1) is 11.1. The normalized spacial score (nSPS) is 11.0. The highest BCUT2D eigenvalue weighted by molar-refractivity contribution is 6.30. The fraction of sp³-hybridized carbons (Fsp3) is 0.167. The Bertz CT molecular complexity index is 675. The van der Waals surface area contributed by atoms with E-state index < -0.39 is 0 Å². The van der Waals surface area contributed by atoms with Crippen LogP contribution < -0.4 is 5.32 Å². The maximum absolute atomic E-state index is 6.00. The number of aryl methyl sites for hydroxylation is 1. The van der Waals surface area contributed by atoms with Crippen LogP contribution in [0.3, 0.4) is 0 Å². The van der Waals surface area contributed by atoms with Crippen LogP contribution in [0.2, 0.25) is 5.02 Å². The second kappa shape index (κ2) is 4.34. The predicted octanol–water partition coefficient (Wildman–Crippen LogP) is 2.90. The van der Waals surface area contributed by atoms with Gasteiger partial charge in [-0.3, -0.25) is 0 Å². The molecule has 0 atom stereocenters. The minimum Gasteiger partial charge on any atom is -0.363 e. The molecule has 0 aliphatic rings. The second-order valence-corrected chi connectivity index (χ2v) is 4.39. The van der Waals surface area contributed by atoms with E-state index in [9.17, 15) is 0 Å². The van der Waals surface area contributed by atoms with Gasteiger partial charge in [0.1, 0.15) is 11.9 Å². The van der Waals surface area contributed by atoms with Gasteiger partial charge in [0.05, 0.1) is 23.0 Å². The van der Waals surface area contributed by atoms with Crippen LogP contribution in [-0.4, -0.2) is 14.5 Å². The summed E-state index contributed by atoms with van der Waals surface area (Å²) in [6, 6.07) is 5.50. The summed E-state index contributed by atoms with van der Waals surface area (Å²) in [4.78, 5) is 4.47. The molecule has 0 saturated carbocycles. The molecule has 0 aliphatic heterocycles. The van der Waals surface area contributed by atoms with Crippen LogP contribution in [0.5, 0.6) is 0 Å². The number of rotatable bonds is 3. The number of fused-ring (bicyclic) bond motifs is 1. The SMILES string of the molecule is Cc1nc2ccc(Cl)cn2c1CNc1ccon1. The summed E-state index contributed by atoms with van der Waals surface area (Å²) in [5.74, 6) is 0.700. The molecule has 0 aliphatic carbocycles. The van der Waals surface area contributed by atoms with Gasteiger partial charge in [-0.05, 0) is 19.1 Å². The van der Waals surface area contributed by atoms with Crippen LogP contribution >= 0.6 is 11.6 Å². The Morgan fingerprint density at radius 2 is 2.28 bits per heavy atom. The zero-order valence-electron chi connectivity index (χ0n) is 9.72. The summed E-state index contributed by atoms with van der Waals surface area (Å²) in [7, 11) is 0. The fourth-order valence-electron chi connectivity index (χ4n) is 1.88. The summed E-state index contributed by atoms with van der Waals surface area (Å²) in [6.45, 7) is 2.58. The number of imidazole rings is 1. The maximum Gasteiger partial charge on any atom is 0.169 e. The Labute approximate surface area is 108 Å². The summed E-state index contributed by atoms with van der Waals surface area (Å²) in [6.07, 6.45) is 3.39. The quantitative estimate of drug-likeness (QED) is 0.789. The molecular weight excluding hydrogens is 252 g/mol. The standard InChI is InChI=1S/C12H11ClN4O/c1-8-10(6-14-11-4-5-18-16-11)17-7-9(13)2-3-12(17)15-8/h2-5,7H,6H2,1H3,(H,14,16). The molecule has 3 aromatic rings. The third-order valence-electron chi connectivity index (χ3n) is 2.76. The summed E-state index contributed by atoms with van der Waals surface area (Å²) < 4.78 is 6.74. The Kier molecular flexibility index (Phi) is 2.68. The largest absolute Gasteiger partial charge is 0.363 e. The van der Waals surface area contributed by atoms with Crippen LogP contribution in [0.4, 0.5) is 5.82 Å². The fourth-order valence-corrected chi connectivity index (χ4v) is 2.04. The van der Waals surface area contributed by atoms with Gasteiger partial charge < -0.3 is 14.2 Å². The molecule has 0 fully saturated rings. The average Bonchev–Trinajstić information content (AvgIpc) is 2.94. The van der Waals surface area contributed by atoms with E-state index in [0.29, 0.717) is 17.4 Å². The summed E-state index contributed by atoms with van der Waals surface area (Å²) >= 11 is 6.00. The van der Waals surface area contributed by atoms with Crippen molar-refractivity contribution in [3.05, 3.63) is 47.1 Å². The molecular formula is C12H11ClN4O. The lowest BCUT2D eigenvalue weighted by atomic mass is 10.3. The monoisotopic (exact) mass is 262 g/mol. The molecule has 1 N–H and O–H groups in total. The van der Waals surface area contributed by atoms with Gasteiger partial charge in [0.15, 0.2) is 5.82 Å². The van der Waals surface area contributed by atoms with Crippen molar-refractivity contribution in [1.29, 1.82) is 0 Å². The van der Waals surface area contributed by atoms with Crippen LogP contribution in [-0.2, 0) is 6.54 Å². The van der Waals surface area contributed by atoms with Gasteiger partial charge in [0, 0.05) is 12.3 Å². The van der Waals surface area contributed by atoms with E-state index in [1.807, 2.05) is 29.7 Å². The minimum absolute atomic E-state index is 0.611. The molecule has 3 rings (SSSR count). The highest BCUT2D eigenvalue weighted by Crippen LogP contribution is 2.17. The van der Waals surface area contributed by atoms with E-state index >= 15 is 0 Å². The van der Waals surface area contributed by atoms with Crippen molar-refractivity contribution < 1.29 is 4.52 Å². The summed E-state index contributed by atoms with van der Waals surface area (Å²) in [5.41, 5.74) is 2.90. The van der Waals surface area contributed by atoms with Crippen LogP contribution in [0.15, 0.2) is 35.2 Å². The zero-order valence-corrected chi connectivity index (χ0v) is 10.5. The molecule has 0 unspecified atom stereocenters. The third-order valence-corrected chi connectivity index (χ3v) is 2.98. The lowest BCUT2D eigenvalue weighted by Gasteiger charge is -2.04. The van der Waals surface area contributed by atoms with E-state index in [0.717, 1.165) is 17.0 Å².